The number of nitrogens with zero attached hydrogens (tertiary/aromatic N) is 1. The molecule has 1 aliphatic carbocycles. The van der Waals surface area contributed by atoms with Gasteiger partial charge in [0.2, 0.25) is 5.91 Å². The summed E-state index contributed by atoms with van der Waals surface area (Å²) in [6, 6.07) is 7.36. The maximum atomic E-state index is 12.6. The van der Waals surface area contributed by atoms with Crippen molar-refractivity contribution >= 4 is 29.9 Å². The molecule has 0 radical (unpaired) electrons. The fraction of sp³-hybridized carbons (Fsp3) is 0.611. The van der Waals surface area contributed by atoms with Gasteiger partial charge in [0, 0.05) is 29.6 Å². The fourth-order valence-electron chi connectivity index (χ4n) is 3.84. The average molecular weight is 373 g/mol. The summed E-state index contributed by atoms with van der Waals surface area (Å²) < 4.78 is 0. The molecule has 2 fully saturated rings. The maximum Gasteiger partial charge on any atom is 0.227 e. The summed E-state index contributed by atoms with van der Waals surface area (Å²) in [5.74, 6) is 0.113. The van der Waals surface area contributed by atoms with Gasteiger partial charge in [0.15, 0.2) is 0 Å². The van der Waals surface area contributed by atoms with Crippen LogP contribution >= 0.6 is 24.0 Å². The van der Waals surface area contributed by atoms with Crippen LogP contribution in [0.4, 0.5) is 0 Å². The minimum absolute atomic E-state index is 0. The van der Waals surface area contributed by atoms with Crippen LogP contribution in [0.1, 0.15) is 38.7 Å². The molecule has 2 aliphatic rings. The number of carbonyl (C=O) groups is 1. The first-order valence-corrected chi connectivity index (χ1v) is 8.65. The van der Waals surface area contributed by atoms with E-state index >= 15 is 0 Å². The van der Waals surface area contributed by atoms with Gasteiger partial charge in [-0.3, -0.25) is 4.79 Å². The third-order valence-corrected chi connectivity index (χ3v) is 5.98. The molecule has 1 heterocycles. The van der Waals surface area contributed by atoms with Crippen LogP contribution < -0.4 is 5.73 Å². The van der Waals surface area contributed by atoms with E-state index in [0.29, 0.717) is 24.5 Å². The lowest BCUT2D eigenvalue weighted by molar-refractivity contribution is -0.159. The largest absolute Gasteiger partial charge is 0.384 e. The average Bonchev–Trinajstić information content (AvgIpc) is 2.49. The van der Waals surface area contributed by atoms with E-state index in [9.17, 15) is 9.90 Å². The van der Waals surface area contributed by atoms with E-state index < -0.39 is 11.0 Å². The lowest BCUT2D eigenvalue weighted by Crippen LogP contribution is -2.59. The zero-order valence-electron chi connectivity index (χ0n) is 14.2. The van der Waals surface area contributed by atoms with Gasteiger partial charge in [-0.05, 0) is 37.0 Å². The van der Waals surface area contributed by atoms with E-state index in [1.807, 2.05) is 30.9 Å². The predicted molar refractivity (Wildman–Crippen MR) is 98.3 cm³/mol. The number of nitrogens with two attached hydrogens (primary N) is 1. The first-order chi connectivity index (χ1) is 10.7. The van der Waals surface area contributed by atoms with Crippen LogP contribution in [0.25, 0.3) is 0 Å². The third kappa shape index (κ3) is 3.17. The van der Waals surface area contributed by atoms with Gasteiger partial charge in [-0.15, -0.1) is 12.4 Å². The quantitative estimate of drug-likeness (QED) is 0.838. The Morgan fingerprint density at radius 2 is 1.92 bits per heavy atom. The topological polar surface area (TPSA) is 66.6 Å². The highest BCUT2D eigenvalue weighted by Gasteiger charge is 2.50. The Kier molecular flexibility index (Phi) is 5.55. The molecule has 6 heteroatoms. The number of carbonyl (C=O) groups excluding carboxylic acids is 1. The number of likely N-dealkylation sites (tertiary alicyclic amines) is 1. The van der Waals surface area contributed by atoms with E-state index in [0.717, 1.165) is 18.4 Å². The van der Waals surface area contributed by atoms with Crippen molar-refractivity contribution in [2.45, 2.75) is 44.8 Å². The molecule has 1 aliphatic heterocycles. The Hall–Kier alpha value is -0.810. The monoisotopic (exact) mass is 372 g/mol. The Morgan fingerprint density at radius 3 is 2.38 bits per heavy atom. The molecule has 1 aromatic carbocycles. The lowest BCUT2D eigenvalue weighted by Gasteiger charge is -2.51. The molecule has 1 saturated carbocycles. The Bertz CT molecular complexity index is 606. The summed E-state index contributed by atoms with van der Waals surface area (Å²) in [4.78, 5) is 14.5. The van der Waals surface area contributed by atoms with Crippen molar-refractivity contribution in [3.05, 3.63) is 34.9 Å². The summed E-state index contributed by atoms with van der Waals surface area (Å²) in [6.07, 6.45) is 2.34. The SMILES string of the molecule is CC1(C)CN(C(=O)[C@H]2CC[C@H]2N)CC[C@]1(O)c1ccc(Cl)cc1.Cl. The van der Waals surface area contributed by atoms with Gasteiger partial charge in [-0.25, -0.2) is 0 Å². The maximum absolute atomic E-state index is 12.6. The zero-order valence-corrected chi connectivity index (χ0v) is 15.7. The number of piperidine rings is 1. The van der Waals surface area contributed by atoms with E-state index in [2.05, 4.69) is 0 Å². The normalized spacial score (nSPS) is 31.8. The number of benzene rings is 1. The molecule has 0 aromatic heterocycles. The first kappa shape index (κ1) is 19.5. The third-order valence-electron chi connectivity index (χ3n) is 5.73. The van der Waals surface area contributed by atoms with Gasteiger partial charge in [0.1, 0.15) is 0 Å². The molecule has 1 saturated heterocycles. The van der Waals surface area contributed by atoms with Crippen molar-refractivity contribution in [2.75, 3.05) is 13.1 Å². The van der Waals surface area contributed by atoms with Gasteiger partial charge >= 0.3 is 0 Å². The first-order valence-electron chi connectivity index (χ1n) is 8.27. The lowest BCUT2D eigenvalue weighted by atomic mass is 9.66. The summed E-state index contributed by atoms with van der Waals surface area (Å²) >= 11 is 5.96. The van der Waals surface area contributed by atoms with Gasteiger partial charge < -0.3 is 15.7 Å². The van der Waals surface area contributed by atoms with Crippen LogP contribution in [0.3, 0.4) is 0 Å². The Morgan fingerprint density at radius 1 is 1.29 bits per heavy atom. The van der Waals surface area contributed by atoms with E-state index in [1.165, 1.54) is 0 Å². The number of aliphatic hydroxyl groups is 1. The van der Waals surface area contributed by atoms with Crippen molar-refractivity contribution in [3.63, 3.8) is 0 Å². The van der Waals surface area contributed by atoms with Crippen LogP contribution in [0.15, 0.2) is 24.3 Å². The van der Waals surface area contributed by atoms with Gasteiger partial charge in [-0.2, -0.15) is 0 Å². The minimum atomic E-state index is -0.962. The van der Waals surface area contributed by atoms with Crippen LogP contribution in [0, 0.1) is 11.3 Å². The van der Waals surface area contributed by atoms with Crippen LogP contribution in [0.2, 0.25) is 5.02 Å². The van der Waals surface area contributed by atoms with Crippen molar-refractivity contribution in [3.8, 4) is 0 Å². The molecule has 4 nitrogen and oxygen atoms in total. The van der Waals surface area contributed by atoms with Crippen molar-refractivity contribution in [2.24, 2.45) is 17.1 Å². The van der Waals surface area contributed by atoms with E-state index in [-0.39, 0.29) is 30.3 Å². The number of halogens is 2. The Labute approximate surface area is 154 Å². The summed E-state index contributed by atoms with van der Waals surface area (Å²) in [5, 5.41) is 12.0. The second-order valence-corrected chi connectivity index (χ2v) is 8.04. The number of hydrogen-bond donors (Lipinski definition) is 2. The highest BCUT2D eigenvalue weighted by Crippen LogP contribution is 2.46. The van der Waals surface area contributed by atoms with Gasteiger partial charge in [-0.1, -0.05) is 37.6 Å². The molecule has 3 rings (SSSR count). The zero-order chi connectivity index (χ0) is 16.8. The van der Waals surface area contributed by atoms with Gasteiger partial charge in [0.25, 0.3) is 0 Å². The van der Waals surface area contributed by atoms with Gasteiger partial charge in [0.05, 0.1) is 11.5 Å². The second kappa shape index (κ2) is 6.83. The predicted octanol–water partition coefficient (Wildman–Crippen LogP) is 2.95. The molecule has 0 unspecified atom stereocenters. The second-order valence-electron chi connectivity index (χ2n) is 7.61. The minimum Gasteiger partial charge on any atom is -0.384 e. The molecular formula is C18H26Cl2N2O2. The molecule has 0 spiro atoms. The molecule has 1 amide bonds. The van der Waals surface area contributed by atoms with Crippen molar-refractivity contribution in [1.29, 1.82) is 0 Å². The molecule has 24 heavy (non-hydrogen) atoms. The number of amides is 1. The van der Waals surface area contributed by atoms with Crippen LogP contribution in [-0.2, 0) is 10.4 Å². The van der Waals surface area contributed by atoms with Crippen LogP contribution in [-0.4, -0.2) is 35.0 Å². The molecular weight excluding hydrogens is 347 g/mol. The van der Waals surface area contributed by atoms with E-state index in [1.54, 1.807) is 12.1 Å². The summed E-state index contributed by atoms with van der Waals surface area (Å²) in [6.45, 7) is 5.13. The summed E-state index contributed by atoms with van der Waals surface area (Å²) in [5.41, 5.74) is 5.40. The van der Waals surface area contributed by atoms with Crippen LogP contribution in [0.5, 0.6) is 0 Å². The molecule has 0 bridgehead atoms. The highest BCUT2D eigenvalue weighted by molar-refractivity contribution is 6.30. The molecule has 134 valence electrons. The summed E-state index contributed by atoms with van der Waals surface area (Å²) in [7, 11) is 0. The number of rotatable bonds is 2. The van der Waals surface area contributed by atoms with Crippen molar-refractivity contribution in [1.82, 2.24) is 4.90 Å². The number of hydrogen-bond acceptors (Lipinski definition) is 3. The smallest absolute Gasteiger partial charge is 0.227 e. The fourth-order valence-corrected chi connectivity index (χ4v) is 3.96. The molecule has 3 atom stereocenters. The molecule has 3 N–H and O–H groups in total. The van der Waals surface area contributed by atoms with E-state index in [4.69, 9.17) is 17.3 Å². The molecule has 1 aromatic rings. The standard InChI is InChI=1S/C18H25ClN2O2.ClH/c1-17(2)11-21(16(22)14-7-8-15(14)20)10-9-18(17,23)12-3-5-13(19)6-4-12;/h3-6,14-15,23H,7-11,20H2,1-2H3;1H/t14-,15+,18-;/m0./s1. The van der Waals surface area contributed by atoms with Crippen molar-refractivity contribution < 1.29 is 9.90 Å². The highest BCUT2D eigenvalue weighted by atomic mass is 35.5. The Balaban J connectivity index is 0.00000208.